The lowest BCUT2D eigenvalue weighted by Gasteiger charge is -2.02. The number of thioether (sulfide) groups is 1. The smallest absolute Gasteiger partial charge is 0.212 e. The third-order valence-electron chi connectivity index (χ3n) is 2.35. The summed E-state index contributed by atoms with van der Waals surface area (Å²) in [6.45, 7) is 4.23. The van der Waals surface area contributed by atoms with Gasteiger partial charge in [0, 0.05) is 5.25 Å². The lowest BCUT2D eigenvalue weighted by atomic mass is 10.3. The van der Waals surface area contributed by atoms with E-state index in [2.05, 4.69) is 29.1 Å². The molecule has 3 aromatic heterocycles. The highest BCUT2D eigenvalue weighted by atomic mass is 32.2. The zero-order valence-corrected chi connectivity index (χ0v) is 10.9. The maximum absolute atomic E-state index is 5.34. The van der Waals surface area contributed by atoms with Crippen molar-refractivity contribution in [3.8, 4) is 11.5 Å². The first-order valence-corrected chi connectivity index (χ1v) is 6.55. The summed E-state index contributed by atoms with van der Waals surface area (Å²) in [5.41, 5.74) is 1.52. The molecule has 0 aliphatic rings. The highest BCUT2D eigenvalue weighted by Gasteiger charge is 2.11. The van der Waals surface area contributed by atoms with Crippen LogP contribution < -0.4 is 0 Å². The quantitative estimate of drug-likeness (QED) is 0.678. The van der Waals surface area contributed by atoms with Crippen LogP contribution >= 0.6 is 11.8 Å². The van der Waals surface area contributed by atoms with Crippen molar-refractivity contribution in [3.63, 3.8) is 0 Å². The Labute approximate surface area is 108 Å². The first-order chi connectivity index (χ1) is 8.74. The molecule has 92 valence electrons. The van der Waals surface area contributed by atoms with Gasteiger partial charge in [-0.05, 0) is 24.3 Å². The molecule has 0 unspecified atom stereocenters. The Hall–Kier alpha value is -1.82. The van der Waals surface area contributed by atoms with Gasteiger partial charge in [0.25, 0.3) is 0 Å². The van der Waals surface area contributed by atoms with E-state index in [9.17, 15) is 0 Å². The van der Waals surface area contributed by atoms with Crippen LogP contribution in [0.5, 0.6) is 0 Å². The van der Waals surface area contributed by atoms with Gasteiger partial charge in [0.2, 0.25) is 5.16 Å². The van der Waals surface area contributed by atoms with Gasteiger partial charge in [0.15, 0.2) is 11.4 Å². The van der Waals surface area contributed by atoms with Gasteiger partial charge in [-0.25, -0.2) is 0 Å². The molecule has 0 saturated heterocycles. The van der Waals surface area contributed by atoms with Crippen molar-refractivity contribution in [2.45, 2.75) is 24.3 Å². The van der Waals surface area contributed by atoms with E-state index in [0.29, 0.717) is 5.25 Å². The number of fused-ring (bicyclic) bond motifs is 1. The Morgan fingerprint density at radius 1 is 1.22 bits per heavy atom. The second kappa shape index (κ2) is 4.45. The molecule has 0 atom stereocenters. The normalized spacial score (nSPS) is 11.5. The topological polar surface area (TPSA) is 56.2 Å². The zero-order valence-electron chi connectivity index (χ0n) is 10.1. The number of aromatic nitrogens is 4. The Morgan fingerprint density at radius 3 is 2.83 bits per heavy atom. The molecule has 0 aromatic carbocycles. The zero-order chi connectivity index (χ0) is 12.5. The molecule has 3 aromatic rings. The third kappa shape index (κ3) is 1.99. The standard InChI is InChI=1S/C12H12N4OS/c1-8(2)18-12-14-13-11-6-5-9(15-16(11)12)10-4-3-7-17-10/h3-8H,1-2H3. The highest BCUT2D eigenvalue weighted by molar-refractivity contribution is 7.99. The van der Waals surface area contributed by atoms with Crippen molar-refractivity contribution in [1.29, 1.82) is 0 Å². The fourth-order valence-electron chi connectivity index (χ4n) is 1.61. The molecule has 18 heavy (non-hydrogen) atoms. The van der Waals surface area contributed by atoms with Gasteiger partial charge >= 0.3 is 0 Å². The summed E-state index contributed by atoms with van der Waals surface area (Å²) in [6, 6.07) is 7.50. The van der Waals surface area contributed by atoms with Crippen LogP contribution in [-0.2, 0) is 0 Å². The molecular formula is C12H12N4OS. The van der Waals surface area contributed by atoms with Crippen LogP contribution in [0.2, 0.25) is 0 Å². The molecule has 0 aliphatic heterocycles. The Kier molecular flexibility index (Phi) is 2.79. The van der Waals surface area contributed by atoms with Crippen LogP contribution in [0.4, 0.5) is 0 Å². The number of furan rings is 1. The molecule has 6 heteroatoms. The van der Waals surface area contributed by atoms with E-state index in [4.69, 9.17) is 4.42 Å². The number of rotatable bonds is 3. The van der Waals surface area contributed by atoms with Gasteiger partial charge in [0.1, 0.15) is 5.69 Å². The van der Waals surface area contributed by atoms with Crippen molar-refractivity contribution < 1.29 is 4.42 Å². The summed E-state index contributed by atoms with van der Waals surface area (Å²) in [6.07, 6.45) is 1.64. The van der Waals surface area contributed by atoms with Crippen LogP contribution in [0.15, 0.2) is 40.1 Å². The van der Waals surface area contributed by atoms with E-state index < -0.39 is 0 Å². The van der Waals surface area contributed by atoms with Crippen LogP contribution in [0.25, 0.3) is 17.1 Å². The van der Waals surface area contributed by atoms with E-state index in [1.807, 2.05) is 24.3 Å². The Balaban J connectivity index is 2.09. The van der Waals surface area contributed by atoms with Gasteiger partial charge in [-0.1, -0.05) is 25.6 Å². The van der Waals surface area contributed by atoms with Crippen LogP contribution in [0.1, 0.15) is 13.8 Å². The van der Waals surface area contributed by atoms with Gasteiger partial charge in [-0.15, -0.1) is 10.2 Å². The fraction of sp³-hybridized carbons (Fsp3) is 0.250. The summed E-state index contributed by atoms with van der Waals surface area (Å²) in [5.74, 6) is 0.742. The van der Waals surface area contributed by atoms with E-state index in [-0.39, 0.29) is 0 Å². The highest BCUT2D eigenvalue weighted by Crippen LogP contribution is 2.23. The molecule has 5 nitrogen and oxygen atoms in total. The average Bonchev–Trinajstić information content (AvgIpc) is 2.98. The lowest BCUT2D eigenvalue weighted by Crippen LogP contribution is -1.98. The van der Waals surface area contributed by atoms with Crippen LogP contribution in [0.3, 0.4) is 0 Å². The van der Waals surface area contributed by atoms with Gasteiger partial charge < -0.3 is 4.42 Å². The number of hydrogen-bond acceptors (Lipinski definition) is 5. The van der Waals surface area contributed by atoms with Gasteiger partial charge in [-0.3, -0.25) is 0 Å². The van der Waals surface area contributed by atoms with Crippen LogP contribution in [0, 0.1) is 0 Å². The first kappa shape index (κ1) is 11.3. The van der Waals surface area contributed by atoms with E-state index >= 15 is 0 Å². The summed E-state index contributed by atoms with van der Waals surface area (Å²) < 4.78 is 7.10. The molecule has 3 rings (SSSR count). The third-order valence-corrected chi connectivity index (χ3v) is 3.29. The molecule has 0 saturated carbocycles. The minimum atomic E-state index is 0.437. The van der Waals surface area contributed by atoms with E-state index in [1.54, 1.807) is 22.5 Å². The molecule has 0 spiro atoms. The molecular weight excluding hydrogens is 248 g/mol. The van der Waals surface area contributed by atoms with E-state index in [0.717, 1.165) is 22.3 Å². The van der Waals surface area contributed by atoms with E-state index in [1.165, 1.54) is 0 Å². The SMILES string of the molecule is CC(C)Sc1nnc2ccc(-c3ccco3)nn12. The maximum Gasteiger partial charge on any atom is 0.212 e. The summed E-state index contributed by atoms with van der Waals surface area (Å²) >= 11 is 1.64. The summed E-state index contributed by atoms with van der Waals surface area (Å²) in [5, 5.41) is 14.0. The largest absolute Gasteiger partial charge is 0.463 e. The second-order valence-corrected chi connectivity index (χ2v) is 5.66. The second-order valence-electron chi connectivity index (χ2n) is 4.12. The van der Waals surface area contributed by atoms with Crippen molar-refractivity contribution in [2.24, 2.45) is 0 Å². The van der Waals surface area contributed by atoms with Crippen molar-refractivity contribution >= 4 is 17.4 Å². The molecule has 3 heterocycles. The maximum atomic E-state index is 5.34. The molecule has 0 fully saturated rings. The van der Waals surface area contributed by atoms with Crippen molar-refractivity contribution in [1.82, 2.24) is 19.8 Å². The predicted octanol–water partition coefficient (Wildman–Crippen LogP) is 2.88. The predicted molar refractivity (Wildman–Crippen MR) is 69.5 cm³/mol. The monoisotopic (exact) mass is 260 g/mol. The fourth-order valence-corrected chi connectivity index (χ4v) is 2.35. The van der Waals surface area contributed by atoms with Gasteiger partial charge in [-0.2, -0.15) is 9.61 Å². The average molecular weight is 260 g/mol. The number of hydrogen-bond donors (Lipinski definition) is 0. The number of nitrogens with zero attached hydrogens (tertiary/aromatic N) is 4. The lowest BCUT2D eigenvalue weighted by molar-refractivity contribution is 0.577. The minimum absolute atomic E-state index is 0.437. The Bertz CT molecular complexity index is 660. The molecule has 0 N–H and O–H groups in total. The van der Waals surface area contributed by atoms with Crippen LogP contribution in [-0.4, -0.2) is 25.1 Å². The minimum Gasteiger partial charge on any atom is -0.463 e. The molecule has 0 amide bonds. The molecule has 0 bridgehead atoms. The first-order valence-electron chi connectivity index (χ1n) is 5.67. The van der Waals surface area contributed by atoms with Crippen molar-refractivity contribution in [2.75, 3.05) is 0 Å². The molecule has 0 radical (unpaired) electrons. The van der Waals surface area contributed by atoms with Gasteiger partial charge in [0.05, 0.1) is 6.26 Å². The summed E-state index contributed by atoms with van der Waals surface area (Å²) in [7, 11) is 0. The summed E-state index contributed by atoms with van der Waals surface area (Å²) in [4.78, 5) is 0. The Morgan fingerprint density at radius 2 is 2.11 bits per heavy atom. The molecule has 0 aliphatic carbocycles. The van der Waals surface area contributed by atoms with Crippen molar-refractivity contribution in [3.05, 3.63) is 30.5 Å².